The zero-order valence-electron chi connectivity index (χ0n) is 19.8. The summed E-state index contributed by atoms with van der Waals surface area (Å²) in [6.45, 7) is 2.06. The molecule has 0 bridgehead atoms. The maximum absolute atomic E-state index is 14.2. The van der Waals surface area contributed by atoms with E-state index in [0.717, 1.165) is 17.8 Å². The average molecular weight is 509 g/mol. The number of para-hydroxylation sites is 2. The lowest BCUT2D eigenvalue weighted by atomic mass is 9.67. The van der Waals surface area contributed by atoms with E-state index < -0.39 is 11.0 Å². The lowest BCUT2D eigenvalue weighted by Crippen LogP contribution is -2.44. The van der Waals surface area contributed by atoms with E-state index in [-0.39, 0.29) is 11.5 Å². The first-order valence-corrected chi connectivity index (χ1v) is 12.5. The number of anilines is 3. The van der Waals surface area contributed by atoms with Gasteiger partial charge in [0.15, 0.2) is 0 Å². The molecule has 2 aliphatic heterocycles. The van der Waals surface area contributed by atoms with Crippen molar-refractivity contribution in [2.45, 2.75) is 25.2 Å². The molecule has 37 heavy (non-hydrogen) atoms. The Morgan fingerprint density at radius 2 is 1.76 bits per heavy atom. The molecule has 0 fully saturated rings. The van der Waals surface area contributed by atoms with E-state index in [1.54, 1.807) is 24.3 Å². The molecule has 0 unspecified atom stereocenters. The molecule has 2 N–H and O–H groups in total. The number of amides is 1. The molecule has 182 valence electrons. The SMILES string of the molecule is CCCc1nn(-c2ccccc2)c2c1[C@]1(C(=O)Nc3ccc(Cl)cc31)c1c(c3ccccc3oc1=O)N2. The average Bonchev–Trinajstić information content (AvgIpc) is 3.40. The Morgan fingerprint density at radius 3 is 2.57 bits per heavy atom. The van der Waals surface area contributed by atoms with Crippen LogP contribution in [0.5, 0.6) is 0 Å². The van der Waals surface area contributed by atoms with Crippen LogP contribution in [-0.4, -0.2) is 15.7 Å². The molecule has 2 aliphatic rings. The molecule has 0 radical (unpaired) electrons. The van der Waals surface area contributed by atoms with Crippen LogP contribution in [0.4, 0.5) is 17.2 Å². The summed E-state index contributed by atoms with van der Waals surface area (Å²) in [4.78, 5) is 28.0. The minimum absolute atomic E-state index is 0.238. The Labute approximate surface area is 216 Å². The second-order valence-corrected chi connectivity index (χ2v) is 9.76. The minimum atomic E-state index is -1.49. The number of carbonyl (C=O) groups excluding carboxylic acids is 1. The third kappa shape index (κ3) is 2.86. The quantitative estimate of drug-likeness (QED) is 0.295. The molecule has 3 aromatic carbocycles. The predicted octanol–water partition coefficient (Wildman–Crippen LogP) is 5.93. The van der Waals surface area contributed by atoms with Gasteiger partial charge in [-0.3, -0.25) is 4.79 Å². The van der Waals surface area contributed by atoms with Crippen molar-refractivity contribution in [3.05, 3.63) is 111 Å². The topological polar surface area (TPSA) is 89.2 Å². The van der Waals surface area contributed by atoms with Gasteiger partial charge in [-0.25, -0.2) is 9.48 Å². The Hall–Kier alpha value is -4.36. The van der Waals surface area contributed by atoms with E-state index in [9.17, 15) is 9.59 Å². The van der Waals surface area contributed by atoms with E-state index in [1.165, 1.54) is 0 Å². The van der Waals surface area contributed by atoms with Gasteiger partial charge < -0.3 is 15.1 Å². The minimum Gasteiger partial charge on any atom is -0.422 e. The van der Waals surface area contributed by atoms with Crippen LogP contribution >= 0.6 is 11.6 Å². The zero-order chi connectivity index (χ0) is 25.3. The van der Waals surface area contributed by atoms with Gasteiger partial charge in [0.25, 0.3) is 0 Å². The Morgan fingerprint density at radius 1 is 0.973 bits per heavy atom. The summed E-state index contributed by atoms with van der Waals surface area (Å²) < 4.78 is 7.63. The predicted molar refractivity (Wildman–Crippen MR) is 143 cm³/mol. The Bertz CT molecular complexity index is 1810. The highest BCUT2D eigenvalue weighted by Crippen LogP contribution is 2.56. The van der Waals surface area contributed by atoms with Gasteiger partial charge in [-0.2, -0.15) is 5.10 Å². The van der Waals surface area contributed by atoms with Gasteiger partial charge in [0, 0.05) is 27.2 Å². The third-order valence-corrected chi connectivity index (χ3v) is 7.46. The van der Waals surface area contributed by atoms with Crippen molar-refractivity contribution < 1.29 is 9.21 Å². The number of halogens is 1. The van der Waals surface area contributed by atoms with Crippen LogP contribution in [0.3, 0.4) is 0 Å². The number of rotatable bonds is 3. The lowest BCUT2D eigenvalue weighted by molar-refractivity contribution is -0.118. The maximum atomic E-state index is 14.2. The van der Waals surface area contributed by atoms with Crippen LogP contribution in [0.2, 0.25) is 5.02 Å². The first kappa shape index (κ1) is 21.9. The first-order chi connectivity index (χ1) is 18.0. The number of aromatic nitrogens is 2. The Kier molecular flexibility index (Phi) is 4.62. The van der Waals surface area contributed by atoms with Crippen molar-refractivity contribution in [3.8, 4) is 5.69 Å². The first-order valence-electron chi connectivity index (χ1n) is 12.2. The number of hydrogen-bond acceptors (Lipinski definition) is 5. The van der Waals surface area contributed by atoms with Crippen molar-refractivity contribution in [2.75, 3.05) is 10.6 Å². The molecule has 7 rings (SSSR count). The van der Waals surface area contributed by atoms with E-state index in [0.29, 0.717) is 50.7 Å². The standard InChI is InChI=1S/C29H21ClN4O3/c1-2-8-21-23-26(34(33-21)17-9-4-3-5-10-17)32-25-18-11-6-7-12-22(18)37-27(35)24(25)29(23)19-15-16(30)13-14-20(19)31-28(29)36/h3-7,9-15,32H,2,8H2,1H3,(H,31,36)/t29-/m0/s1. The maximum Gasteiger partial charge on any atom is 0.343 e. The fraction of sp³-hybridized carbons (Fsp3) is 0.138. The molecule has 1 atom stereocenters. The summed E-state index contributed by atoms with van der Waals surface area (Å²) in [7, 11) is 0. The van der Waals surface area contributed by atoms with Gasteiger partial charge in [-0.05, 0) is 48.9 Å². The van der Waals surface area contributed by atoms with Crippen LogP contribution in [-0.2, 0) is 16.6 Å². The molecular weight excluding hydrogens is 488 g/mol. The van der Waals surface area contributed by atoms with Crippen molar-refractivity contribution in [1.29, 1.82) is 0 Å². The van der Waals surface area contributed by atoms with Gasteiger partial charge in [-0.1, -0.05) is 55.3 Å². The number of aryl methyl sites for hydroxylation is 1. The molecule has 0 saturated carbocycles. The summed E-state index contributed by atoms with van der Waals surface area (Å²) in [5, 5.41) is 12.7. The van der Waals surface area contributed by atoms with E-state index in [4.69, 9.17) is 21.1 Å². The van der Waals surface area contributed by atoms with Crippen LogP contribution in [0.25, 0.3) is 16.7 Å². The van der Waals surface area contributed by atoms with Crippen molar-refractivity contribution in [1.82, 2.24) is 9.78 Å². The lowest BCUT2D eigenvalue weighted by Gasteiger charge is -2.35. The van der Waals surface area contributed by atoms with E-state index in [2.05, 4.69) is 17.6 Å². The second-order valence-electron chi connectivity index (χ2n) is 9.32. The molecule has 7 nitrogen and oxygen atoms in total. The molecule has 4 heterocycles. The summed E-state index contributed by atoms with van der Waals surface area (Å²) in [6.07, 6.45) is 1.42. The molecule has 1 spiro atoms. The zero-order valence-corrected chi connectivity index (χ0v) is 20.6. The van der Waals surface area contributed by atoms with Gasteiger partial charge in [0.1, 0.15) is 16.8 Å². The number of nitrogens with zero attached hydrogens (tertiary/aromatic N) is 2. The van der Waals surface area contributed by atoms with Gasteiger partial charge in [0.05, 0.1) is 22.6 Å². The summed E-state index contributed by atoms with van der Waals surface area (Å²) in [5.41, 5.74) is 2.57. The molecular formula is C29H21ClN4O3. The van der Waals surface area contributed by atoms with Crippen molar-refractivity contribution in [3.63, 3.8) is 0 Å². The van der Waals surface area contributed by atoms with Crippen molar-refractivity contribution >= 4 is 45.7 Å². The number of fused-ring (bicyclic) bond motifs is 8. The summed E-state index contributed by atoms with van der Waals surface area (Å²) in [5.74, 6) is 0.308. The monoisotopic (exact) mass is 508 g/mol. The highest BCUT2D eigenvalue weighted by atomic mass is 35.5. The Balaban J connectivity index is 1.69. The molecule has 1 amide bonds. The highest BCUT2D eigenvalue weighted by Gasteiger charge is 2.58. The fourth-order valence-corrected chi connectivity index (χ4v) is 5.95. The smallest absolute Gasteiger partial charge is 0.343 e. The summed E-state index contributed by atoms with van der Waals surface area (Å²) in [6, 6.07) is 22.3. The number of nitrogens with one attached hydrogen (secondary N) is 2. The molecule has 8 heteroatoms. The highest BCUT2D eigenvalue weighted by molar-refractivity contribution is 6.31. The van der Waals surface area contributed by atoms with E-state index >= 15 is 0 Å². The van der Waals surface area contributed by atoms with Crippen LogP contribution in [0, 0.1) is 0 Å². The molecule has 5 aromatic rings. The van der Waals surface area contributed by atoms with E-state index in [1.807, 2.05) is 53.2 Å². The normalized spacial score (nSPS) is 17.3. The number of benzene rings is 3. The number of carbonyl (C=O) groups is 1. The number of hydrogen-bond donors (Lipinski definition) is 2. The third-order valence-electron chi connectivity index (χ3n) is 7.23. The van der Waals surface area contributed by atoms with Gasteiger partial charge >= 0.3 is 5.63 Å². The molecule has 2 aromatic heterocycles. The fourth-order valence-electron chi connectivity index (χ4n) is 5.77. The van der Waals surface area contributed by atoms with Gasteiger partial charge in [-0.15, -0.1) is 0 Å². The van der Waals surface area contributed by atoms with Crippen LogP contribution in [0.1, 0.15) is 35.7 Å². The molecule has 0 saturated heterocycles. The van der Waals surface area contributed by atoms with Crippen LogP contribution < -0.4 is 16.3 Å². The molecule has 0 aliphatic carbocycles. The second kappa shape index (κ2) is 7.82. The largest absolute Gasteiger partial charge is 0.422 e. The van der Waals surface area contributed by atoms with Gasteiger partial charge in [0.2, 0.25) is 5.91 Å². The van der Waals surface area contributed by atoms with Crippen LogP contribution in [0.15, 0.2) is 82.0 Å². The summed E-state index contributed by atoms with van der Waals surface area (Å²) >= 11 is 6.49. The van der Waals surface area contributed by atoms with Crippen molar-refractivity contribution in [2.24, 2.45) is 0 Å².